The summed E-state index contributed by atoms with van der Waals surface area (Å²) >= 11 is 5.18. The largest absolute Gasteiger partial charge is 0.375 e. The number of hydrogen-bond acceptors (Lipinski definition) is 5. The number of nitrogens with two attached hydrogens (primary N) is 1. The summed E-state index contributed by atoms with van der Waals surface area (Å²) in [7, 11) is 0. The van der Waals surface area contributed by atoms with Crippen molar-refractivity contribution in [2.45, 2.75) is 17.6 Å². The van der Waals surface area contributed by atoms with Gasteiger partial charge in [0.15, 0.2) is 5.13 Å². The highest BCUT2D eigenvalue weighted by molar-refractivity contribution is 8.01. The van der Waals surface area contributed by atoms with Crippen molar-refractivity contribution in [3.8, 4) is 0 Å². The third-order valence-electron chi connectivity index (χ3n) is 1.97. The average Bonchev–Trinajstić information content (AvgIpc) is 2.77. The molecule has 2 heterocycles. The molecule has 80 valence electrons. The standard InChI is InChI=1S/C10H12N2S3/c1-7-9(15-10(11)12-7)14-5-3-8-2-4-13-6-8/h2,4,6H,3,5H2,1H3,(H2,11,12). The third kappa shape index (κ3) is 2.96. The smallest absolute Gasteiger partial charge is 0.181 e. The van der Waals surface area contributed by atoms with Crippen LogP contribution >= 0.6 is 34.4 Å². The van der Waals surface area contributed by atoms with Gasteiger partial charge in [-0.3, -0.25) is 0 Å². The van der Waals surface area contributed by atoms with E-state index >= 15 is 0 Å². The summed E-state index contributed by atoms with van der Waals surface area (Å²) < 4.78 is 1.25. The monoisotopic (exact) mass is 256 g/mol. The molecule has 2 aromatic heterocycles. The zero-order valence-electron chi connectivity index (χ0n) is 8.40. The van der Waals surface area contributed by atoms with Gasteiger partial charge in [0.2, 0.25) is 0 Å². The maximum Gasteiger partial charge on any atom is 0.181 e. The second kappa shape index (κ2) is 5.01. The van der Waals surface area contributed by atoms with Crippen molar-refractivity contribution >= 4 is 39.6 Å². The number of rotatable bonds is 4. The molecular formula is C10H12N2S3. The lowest BCUT2D eigenvalue weighted by Gasteiger charge is -1.97. The zero-order valence-corrected chi connectivity index (χ0v) is 10.8. The summed E-state index contributed by atoms with van der Waals surface area (Å²) in [5.41, 5.74) is 8.12. The number of aromatic nitrogens is 1. The van der Waals surface area contributed by atoms with Gasteiger partial charge >= 0.3 is 0 Å². The SMILES string of the molecule is Cc1nc(N)sc1SCCc1ccsc1. The van der Waals surface area contributed by atoms with Crippen LogP contribution in [0.15, 0.2) is 21.0 Å². The molecule has 2 rings (SSSR count). The van der Waals surface area contributed by atoms with Crippen LogP contribution in [-0.4, -0.2) is 10.7 Å². The Labute approximate surface area is 102 Å². The van der Waals surface area contributed by atoms with Crippen molar-refractivity contribution < 1.29 is 0 Å². The summed E-state index contributed by atoms with van der Waals surface area (Å²) in [5.74, 6) is 1.10. The molecule has 0 atom stereocenters. The maximum absolute atomic E-state index is 5.64. The van der Waals surface area contributed by atoms with Crippen LogP contribution in [0.25, 0.3) is 0 Å². The molecule has 15 heavy (non-hydrogen) atoms. The van der Waals surface area contributed by atoms with Crippen molar-refractivity contribution in [1.29, 1.82) is 0 Å². The van der Waals surface area contributed by atoms with Crippen LogP contribution < -0.4 is 5.73 Å². The lowest BCUT2D eigenvalue weighted by Crippen LogP contribution is -1.85. The van der Waals surface area contributed by atoms with Crippen molar-refractivity contribution in [2.75, 3.05) is 11.5 Å². The van der Waals surface area contributed by atoms with Gasteiger partial charge in [-0.2, -0.15) is 11.3 Å². The van der Waals surface area contributed by atoms with Crippen LogP contribution in [0.5, 0.6) is 0 Å². The van der Waals surface area contributed by atoms with E-state index < -0.39 is 0 Å². The van der Waals surface area contributed by atoms with Crippen LogP contribution in [0.3, 0.4) is 0 Å². The third-order valence-corrected chi connectivity index (χ3v) is 5.06. The normalized spacial score (nSPS) is 10.7. The van der Waals surface area contributed by atoms with Crippen LogP contribution in [0.2, 0.25) is 0 Å². The van der Waals surface area contributed by atoms with E-state index in [0.717, 1.165) is 17.9 Å². The van der Waals surface area contributed by atoms with E-state index in [9.17, 15) is 0 Å². The minimum absolute atomic E-state index is 0.672. The summed E-state index contributed by atoms with van der Waals surface area (Å²) in [5, 5.41) is 5.00. The van der Waals surface area contributed by atoms with E-state index in [0.29, 0.717) is 5.13 Å². The summed E-state index contributed by atoms with van der Waals surface area (Å²) in [6.07, 6.45) is 1.12. The molecule has 0 fully saturated rings. The van der Waals surface area contributed by atoms with Crippen LogP contribution in [0, 0.1) is 6.92 Å². The van der Waals surface area contributed by atoms with E-state index in [4.69, 9.17) is 5.73 Å². The highest BCUT2D eigenvalue weighted by Crippen LogP contribution is 2.30. The first kappa shape index (κ1) is 11.0. The second-order valence-electron chi connectivity index (χ2n) is 3.16. The van der Waals surface area contributed by atoms with Gasteiger partial charge in [0, 0.05) is 5.75 Å². The fraction of sp³-hybridized carbons (Fsp3) is 0.300. The molecule has 5 heteroatoms. The first-order valence-corrected chi connectivity index (χ1v) is 7.37. The van der Waals surface area contributed by atoms with Gasteiger partial charge in [-0.05, 0) is 35.7 Å². The second-order valence-corrected chi connectivity index (χ2v) is 6.33. The predicted octanol–water partition coefficient (Wildman–Crippen LogP) is 3.43. The number of anilines is 1. The molecular weight excluding hydrogens is 244 g/mol. The first-order chi connectivity index (χ1) is 7.25. The minimum Gasteiger partial charge on any atom is -0.375 e. The molecule has 0 aliphatic rings. The van der Waals surface area contributed by atoms with E-state index in [1.807, 2.05) is 18.7 Å². The van der Waals surface area contributed by atoms with Crippen molar-refractivity contribution in [3.63, 3.8) is 0 Å². The average molecular weight is 256 g/mol. The number of thioether (sulfide) groups is 1. The van der Waals surface area contributed by atoms with Crippen molar-refractivity contribution in [2.24, 2.45) is 0 Å². The topological polar surface area (TPSA) is 38.9 Å². The molecule has 2 N–H and O–H groups in total. The zero-order chi connectivity index (χ0) is 10.7. The Morgan fingerprint density at radius 1 is 1.53 bits per heavy atom. The van der Waals surface area contributed by atoms with Gasteiger partial charge in [0.1, 0.15) is 0 Å². The first-order valence-electron chi connectivity index (χ1n) is 4.62. The molecule has 0 aromatic carbocycles. The predicted molar refractivity (Wildman–Crippen MR) is 70.0 cm³/mol. The number of aryl methyl sites for hydroxylation is 2. The summed E-state index contributed by atoms with van der Waals surface area (Å²) in [6.45, 7) is 2.01. The Hall–Kier alpha value is -0.520. The number of hydrogen-bond donors (Lipinski definition) is 1. The van der Waals surface area contributed by atoms with Gasteiger partial charge in [-0.15, -0.1) is 11.8 Å². The van der Waals surface area contributed by atoms with Crippen molar-refractivity contribution in [1.82, 2.24) is 4.98 Å². The Balaban J connectivity index is 1.86. The number of thiophene rings is 1. The molecule has 0 saturated carbocycles. The van der Waals surface area contributed by atoms with Gasteiger partial charge in [-0.25, -0.2) is 4.98 Å². The highest BCUT2D eigenvalue weighted by atomic mass is 32.2. The molecule has 2 aromatic rings. The maximum atomic E-state index is 5.64. The molecule has 0 aliphatic heterocycles. The lowest BCUT2D eigenvalue weighted by atomic mass is 10.3. The Morgan fingerprint density at radius 3 is 3.00 bits per heavy atom. The quantitative estimate of drug-likeness (QED) is 0.852. The minimum atomic E-state index is 0.672. The number of nitrogen functional groups attached to an aromatic ring is 1. The van der Waals surface area contributed by atoms with E-state index in [1.54, 1.807) is 22.7 Å². The van der Waals surface area contributed by atoms with Gasteiger partial charge in [0.25, 0.3) is 0 Å². The fourth-order valence-electron chi connectivity index (χ4n) is 1.23. The Kier molecular flexibility index (Phi) is 3.66. The molecule has 0 bridgehead atoms. The van der Waals surface area contributed by atoms with Gasteiger partial charge in [0.05, 0.1) is 9.90 Å². The van der Waals surface area contributed by atoms with Crippen molar-refractivity contribution in [3.05, 3.63) is 28.1 Å². The Morgan fingerprint density at radius 2 is 2.40 bits per heavy atom. The number of thiazole rings is 1. The van der Waals surface area contributed by atoms with E-state index in [2.05, 4.69) is 21.8 Å². The molecule has 0 unspecified atom stereocenters. The molecule has 0 spiro atoms. The van der Waals surface area contributed by atoms with E-state index in [1.165, 1.54) is 9.77 Å². The summed E-state index contributed by atoms with van der Waals surface area (Å²) in [4.78, 5) is 4.20. The lowest BCUT2D eigenvalue weighted by molar-refractivity contribution is 1.16. The molecule has 0 radical (unpaired) electrons. The highest BCUT2D eigenvalue weighted by Gasteiger charge is 2.05. The van der Waals surface area contributed by atoms with Gasteiger partial charge < -0.3 is 5.73 Å². The number of nitrogens with zero attached hydrogens (tertiary/aromatic N) is 1. The molecule has 0 amide bonds. The molecule has 0 aliphatic carbocycles. The van der Waals surface area contributed by atoms with Crippen LogP contribution in [0.1, 0.15) is 11.3 Å². The molecule has 2 nitrogen and oxygen atoms in total. The fourth-order valence-corrected chi connectivity index (χ4v) is 4.02. The Bertz CT molecular complexity index is 420. The van der Waals surface area contributed by atoms with E-state index in [-0.39, 0.29) is 0 Å². The van der Waals surface area contributed by atoms with Crippen LogP contribution in [-0.2, 0) is 6.42 Å². The van der Waals surface area contributed by atoms with Gasteiger partial charge in [-0.1, -0.05) is 11.3 Å². The summed E-state index contributed by atoms with van der Waals surface area (Å²) in [6, 6.07) is 2.18. The molecule has 0 saturated heterocycles. The van der Waals surface area contributed by atoms with Crippen LogP contribution in [0.4, 0.5) is 5.13 Å².